The van der Waals surface area contributed by atoms with Gasteiger partial charge >= 0.3 is 0 Å². The first-order valence-electron chi connectivity index (χ1n) is 6.06. The van der Waals surface area contributed by atoms with E-state index in [0.717, 1.165) is 37.2 Å². The highest BCUT2D eigenvalue weighted by Crippen LogP contribution is 2.29. The molecule has 2 rings (SSSR count). The van der Waals surface area contributed by atoms with Crippen LogP contribution in [0.2, 0.25) is 0 Å². The fourth-order valence-electron chi connectivity index (χ4n) is 2.09. The zero-order chi connectivity index (χ0) is 11.5. The zero-order valence-corrected chi connectivity index (χ0v) is 10.1. The smallest absolute Gasteiger partial charge is 0.0888 e. The second-order valence-corrected chi connectivity index (χ2v) is 4.61. The predicted octanol–water partition coefficient (Wildman–Crippen LogP) is 1.24. The second kappa shape index (κ2) is 4.97. The van der Waals surface area contributed by atoms with Crippen LogP contribution in [0.25, 0.3) is 0 Å². The molecule has 1 aromatic rings. The van der Waals surface area contributed by atoms with E-state index in [0.29, 0.717) is 18.6 Å². The van der Waals surface area contributed by atoms with Gasteiger partial charge in [0.1, 0.15) is 0 Å². The molecular formula is C12H21N3O. The van der Waals surface area contributed by atoms with E-state index < -0.39 is 0 Å². The summed E-state index contributed by atoms with van der Waals surface area (Å²) in [6.07, 6.45) is 3.63. The van der Waals surface area contributed by atoms with Crippen molar-refractivity contribution in [1.29, 1.82) is 0 Å². The van der Waals surface area contributed by atoms with Crippen LogP contribution in [-0.4, -0.2) is 22.4 Å². The lowest BCUT2D eigenvalue weighted by atomic mass is 9.82. The number of hydrogen-bond donors (Lipinski definition) is 1. The number of nitrogens with zero attached hydrogens (tertiary/aromatic N) is 2. The Balaban J connectivity index is 1.79. The van der Waals surface area contributed by atoms with Gasteiger partial charge in [0.25, 0.3) is 0 Å². The van der Waals surface area contributed by atoms with Crippen LogP contribution in [0.1, 0.15) is 31.2 Å². The van der Waals surface area contributed by atoms with Crippen molar-refractivity contribution in [3.63, 3.8) is 0 Å². The zero-order valence-electron chi connectivity index (χ0n) is 10.1. The molecule has 0 unspecified atom stereocenters. The Kier molecular flexibility index (Phi) is 3.61. The maximum atomic E-state index is 5.82. The quantitative estimate of drug-likeness (QED) is 0.817. The van der Waals surface area contributed by atoms with Crippen LogP contribution < -0.4 is 5.73 Å². The number of rotatable bonds is 5. The summed E-state index contributed by atoms with van der Waals surface area (Å²) in [4.78, 5) is 0. The molecule has 1 aromatic heterocycles. The Morgan fingerprint density at radius 2 is 2.31 bits per heavy atom. The van der Waals surface area contributed by atoms with Gasteiger partial charge in [-0.2, -0.15) is 5.10 Å². The van der Waals surface area contributed by atoms with Gasteiger partial charge in [-0.25, -0.2) is 0 Å². The van der Waals surface area contributed by atoms with Gasteiger partial charge in [0, 0.05) is 7.05 Å². The highest BCUT2D eigenvalue weighted by molar-refractivity contribution is 5.09. The lowest BCUT2D eigenvalue weighted by molar-refractivity contribution is -0.0397. The standard InChI is InChI=1S/C12H21N3O/c1-3-10-6-11(15(2)14-10)8-16-12-4-9(5-12)7-13/h6,9,12H,3-5,7-8,13H2,1-2H3. The number of nitrogens with two attached hydrogens (primary N) is 1. The van der Waals surface area contributed by atoms with Crippen molar-refractivity contribution < 1.29 is 4.74 Å². The Labute approximate surface area is 96.8 Å². The molecule has 16 heavy (non-hydrogen) atoms. The molecule has 0 bridgehead atoms. The van der Waals surface area contributed by atoms with Crippen molar-refractivity contribution in [3.05, 3.63) is 17.5 Å². The van der Waals surface area contributed by atoms with Crippen molar-refractivity contribution in [2.75, 3.05) is 6.54 Å². The van der Waals surface area contributed by atoms with Gasteiger partial charge in [-0.1, -0.05) is 6.92 Å². The van der Waals surface area contributed by atoms with Gasteiger partial charge in [0.05, 0.1) is 24.1 Å². The summed E-state index contributed by atoms with van der Waals surface area (Å²) >= 11 is 0. The van der Waals surface area contributed by atoms with Crippen molar-refractivity contribution in [2.45, 2.75) is 38.9 Å². The molecule has 4 heteroatoms. The minimum atomic E-state index is 0.411. The average molecular weight is 223 g/mol. The molecule has 1 saturated carbocycles. The van der Waals surface area contributed by atoms with Crippen LogP contribution >= 0.6 is 0 Å². The van der Waals surface area contributed by atoms with E-state index in [1.54, 1.807) is 0 Å². The van der Waals surface area contributed by atoms with Crippen LogP contribution in [0.15, 0.2) is 6.07 Å². The first-order chi connectivity index (χ1) is 7.72. The number of aryl methyl sites for hydroxylation is 2. The van der Waals surface area contributed by atoms with Crippen LogP contribution in [0.3, 0.4) is 0 Å². The van der Waals surface area contributed by atoms with Gasteiger partial charge in [-0.15, -0.1) is 0 Å². The molecule has 0 atom stereocenters. The molecule has 0 spiro atoms. The van der Waals surface area contributed by atoms with Crippen molar-refractivity contribution >= 4 is 0 Å². The molecule has 1 aliphatic rings. The Morgan fingerprint density at radius 3 is 2.88 bits per heavy atom. The molecule has 1 heterocycles. The normalized spacial score (nSPS) is 24.4. The van der Waals surface area contributed by atoms with Crippen LogP contribution in [0.4, 0.5) is 0 Å². The Hall–Kier alpha value is -0.870. The first kappa shape index (κ1) is 11.6. The van der Waals surface area contributed by atoms with Crippen molar-refractivity contribution in [1.82, 2.24) is 9.78 Å². The lowest BCUT2D eigenvalue weighted by Gasteiger charge is -2.34. The average Bonchev–Trinajstić information content (AvgIpc) is 2.58. The summed E-state index contributed by atoms with van der Waals surface area (Å²) in [5, 5.41) is 4.40. The molecule has 0 amide bonds. The van der Waals surface area contributed by atoms with Gasteiger partial charge in [-0.05, 0) is 37.8 Å². The van der Waals surface area contributed by atoms with Crippen LogP contribution in [-0.2, 0) is 24.8 Å². The second-order valence-electron chi connectivity index (χ2n) is 4.61. The minimum absolute atomic E-state index is 0.411. The van der Waals surface area contributed by atoms with E-state index >= 15 is 0 Å². The summed E-state index contributed by atoms with van der Waals surface area (Å²) in [5.41, 5.74) is 7.87. The summed E-state index contributed by atoms with van der Waals surface area (Å²) < 4.78 is 7.73. The molecule has 0 aromatic carbocycles. The van der Waals surface area contributed by atoms with Crippen molar-refractivity contribution in [3.8, 4) is 0 Å². The molecule has 1 aliphatic carbocycles. The molecule has 4 nitrogen and oxygen atoms in total. The van der Waals surface area contributed by atoms with Crippen LogP contribution in [0, 0.1) is 5.92 Å². The maximum Gasteiger partial charge on any atom is 0.0888 e. The fourth-order valence-corrected chi connectivity index (χ4v) is 2.09. The lowest BCUT2D eigenvalue weighted by Crippen LogP contribution is -2.35. The Bertz CT molecular complexity index is 342. The van der Waals surface area contributed by atoms with Gasteiger partial charge in [0.2, 0.25) is 0 Å². The van der Waals surface area contributed by atoms with Crippen LogP contribution in [0.5, 0.6) is 0 Å². The third-order valence-electron chi connectivity index (χ3n) is 3.38. The van der Waals surface area contributed by atoms with Gasteiger partial charge < -0.3 is 10.5 Å². The SMILES string of the molecule is CCc1cc(COC2CC(CN)C2)n(C)n1. The topological polar surface area (TPSA) is 53.1 Å². The van der Waals surface area contributed by atoms with Gasteiger partial charge in [-0.3, -0.25) is 4.68 Å². The largest absolute Gasteiger partial charge is 0.372 e. The van der Waals surface area contributed by atoms with Gasteiger partial charge in [0.15, 0.2) is 0 Å². The highest BCUT2D eigenvalue weighted by Gasteiger charge is 2.28. The number of hydrogen-bond acceptors (Lipinski definition) is 3. The molecule has 1 fully saturated rings. The molecule has 0 saturated heterocycles. The number of ether oxygens (including phenoxy) is 1. The van der Waals surface area contributed by atoms with E-state index in [1.165, 1.54) is 0 Å². The van der Waals surface area contributed by atoms with Crippen molar-refractivity contribution in [2.24, 2.45) is 18.7 Å². The summed E-state index contributed by atoms with van der Waals surface area (Å²) in [5.74, 6) is 0.683. The van der Waals surface area contributed by atoms with E-state index in [9.17, 15) is 0 Å². The summed E-state index contributed by atoms with van der Waals surface area (Å²) in [6.45, 7) is 3.59. The fraction of sp³-hybridized carbons (Fsp3) is 0.750. The maximum absolute atomic E-state index is 5.82. The van der Waals surface area contributed by atoms with E-state index in [1.807, 2.05) is 11.7 Å². The number of aromatic nitrogens is 2. The third-order valence-corrected chi connectivity index (χ3v) is 3.38. The Morgan fingerprint density at radius 1 is 1.56 bits per heavy atom. The highest BCUT2D eigenvalue weighted by atomic mass is 16.5. The van der Waals surface area contributed by atoms with E-state index in [-0.39, 0.29) is 0 Å². The summed E-state index contributed by atoms with van der Waals surface area (Å²) in [6, 6.07) is 2.12. The van der Waals surface area contributed by atoms with E-state index in [4.69, 9.17) is 10.5 Å². The van der Waals surface area contributed by atoms with E-state index in [2.05, 4.69) is 18.1 Å². The predicted molar refractivity (Wildman–Crippen MR) is 62.9 cm³/mol. The molecule has 0 radical (unpaired) electrons. The molecule has 90 valence electrons. The minimum Gasteiger partial charge on any atom is -0.372 e. The first-order valence-corrected chi connectivity index (χ1v) is 6.06. The monoisotopic (exact) mass is 223 g/mol. The third kappa shape index (κ3) is 2.44. The molecule has 0 aliphatic heterocycles. The summed E-state index contributed by atoms with van der Waals surface area (Å²) in [7, 11) is 1.97. The molecule has 2 N–H and O–H groups in total. The molecular weight excluding hydrogens is 202 g/mol.